The van der Waals surface area contributed by atoms with Crippen molar-refractivity contribution in [2.45, 2.75) is 26.7 Å². The standard InChI is InChI=1S/C25H25NO3/c1-18-12-13-21(14-19(18)2)16-25(28)29-17-24(27)26-23-11-7-6-10-22(23)15-20-8-4-3-5-9-20/h3-14H,15-17H2,1-2H3,(H,26,27). The second-order valence-electron chi connectivity index (χ2n) is 7.12. The van der Waals surface area contributed by atoms with Gasteiger partial charge in [0.2, 0.25) is 0 Å². The number of aryl methyl sites for hydroxylation is 2. The Balaban J connectivity index is 1.54. The van der Waals surface area contributed by atoms with E-state index in [0.717, 1.165) is 27.9 Å². The van der Waals surface area contributed by atoms with Gasteiger partial charge in [0.25, 0.3) is 5.91 Å². The lowest BCUT2D eigenvalue weighted by atomic mass is 10.0. The largest absolute Gasteiger partial charge is 0.455 e. The van der Waals surface area contributed by atoms with Crippen LogP contribution < -0.4 is 5.32 Å². The van der Waals surface area contributed by atoms with Crippen LogP contribution in [0.3, 0.4) is 0 Å². The van der Waals surface area contributed by atoms with Gasteiger partial charge in [-0.2, -0.15) is 0 Å². The van der Waals surface area contributed by atoms with E-state index < -0.39 is 5.97 Å². The van der Waals surface area contributed by atoms with Crippen molar-refractivity contribution in [3.05, 3.63) is 101 Å². The van der Waals surface area contributed by atoms with E-state index in [1.807, 2.05) is 86.6 Å². The van der Waals surface area contributed by atoms with Crippen molar-refractivity contribution in [1.29, 1.82) is 0 Å². The Morgan fingerprint density at radius 3 is 2.31 bits per heavy atom. The molecule has 0 spiro atoms. The lowest BCUT2D eigenvalue weighted by Gasteiger charge is -2.12. The fourth-order valence-electron chi connectivity index (χ4n) is 3.08. The first-order valence-electron chi connectivity index (χ1n) is 9.64. The first-order valence-corrected chi connectivity index (χ1v) is 9.64. The lowest BCUT2D eigenvalue weighted by molar-refractivity contribution is -0.146. The molecule has 0 bridgehead atoms. The minimum absolute atomic E-state index is 0.152. The number of anilines is 1. The number of hydrogen-bond acceptors (Lipinski definition) is 3. The lowest BCUT2D eigenvalue weighted by Crippen LogP contribution is -2.22. The highest BCUT2D eigenvalue weighted by atomic mass is 16.5. The third-order valence-electron chi connectivity index (χ3n) is 4.81. The topological polar surface area (TPSA) is 55.4 Å². The van der Waals surface area contributed by atoms with E-state index in [2.05, 4.69) is 5.32 Å². The van der Waals surface area contributed by atoms with Crippen LogP contribution in [-0.2, 0) is 27.2 Å². The van der Waals surface area contributed by atoms with Crippen LogP contribution in [0.4, 0.5) is 5.69 Å². The zero-order valence-electron chi connectivity index (χ0n) is 16.8. The van der Waals surface area contributed by atoms with Gasteiger partial charge in [0.05, 0.1) is 6.42 Å². The van der Waals surface area contributed by atoms with Gasteiger partial charge in [-0.3, -0.25) is 9.59 Å². The van der Waals surface area contributed by atoms with Gasteiger partial charge in [-0.1, -0.05) is 66.7 Å². The number of carbonyl (C=O) groups is 2. The first kappa shape index (κ1) is 20.3. The van der Waals surface area contributed by atoms with Gasteiger partial charge in [0, 0.05) is 5.69 Å². The number of rotatable bonds is 7. The summed E-state index contributed by atoms with van der Waals surface area (Å²) in [7, 11) is 0. The molecule has 1 N–H and O–H groups in total. The third kappa shape index (κ3) is 6.04. The molecule has 3 aromatic carbocycles. The van der Waals surface area contributed by atoms with Gasteiger partial charge in [0.15, 0.2) is 6.61 Å². The molecule has 1 amide bonds. The maximum Gasteiger partial charge on any atom is 0.310 e. The molecule has 0 saturated heterocycles. The SMILES string of the molecule is Cc1ccc(CC(=O)OCC(=O)Nc2ccccc2Cc2ccccc2)cc1C. The van der Waals surface area contributed by atoms with Crippen LogP contribution in [0.15, 0.2) is 72.8 Å². The second kappa shape index (κ2) is 9.69. The number of nitrogens with one attached hydrogen (secondary N) is 1. The zero-order chi connectivity index (χ0) is 20.6. The number of carbonyl (C=O) groups excluding carboxylic acids is 2. The average Bonchev–Trinajstić information content (AvgIpc) is 2.71. The van der Waals surface area contributed by atoms with Crippen molar-refractivity contribution >= 4 is 17.6 Å². The van der Waals surface area contributed by atoms with Crippen LogP contribution in [0.2, 0.25) is 0 Å². The zero-order valence-corrected chi connectivity index (χ0v) is 16.8. The number of amides is 1. The Kier molecular flexibility index (Phi) is 6.80. The van der Waals surface area contributed by atoms with Crippen LogP contribution >= 0.6 is 0 Å². The molecule has 0 saturated carbocycles. The number of hydrogen-bond donors (Lipinski definition) is 1. The summed E-state index contributed by atoms with van der Waals surface area (Å²) in [6.45, 7) is 3.73. The summed E-state index contributed by atoms with van der Waals surface area (Å²) < 4.78 is 5.16. The molecule has 3 rings (SSSR count). The van der Waals surface area contributed by atoms with E-state index >= 15 is 0 Å². The van der Waals surface area contributed by atoms with Gasteiger partial charge < -0.3 is 10.1 Å². The molecule has 0 aliphatic rings. The maximum absolute atomic E-state index is 12.3. The van der Waals surface area contributed by atoms with E-state index in [0.29, 0.717) is 6.42 Å². The normalized spacial score (nSPS) is 10.4. The quantitative estimate of drug-likeness (QED) is 0.602. The van der Waals surface area contributed by atoms with Crippen LogP contribution in [0.1, 0.15) is 27.8 Å². The summed E-state index contributed by atoms with van der Waals surface area (Å²) in [6.07, 6.45) is 0.864. The minimum atomic E-state index is -0.416. The van der Waals surface area contributed by atoms with E-state index in [1.165, 1.54) is 5.56 Å². The third-order valence-corrected chi connectivity index (χ3v) is 4.81. The molecule has 0 atom stereocenters. The fraction of sp³-hybridized carbons (Fsp3) is 0.200. The summed E-state index contributed by atoms with van der Waals surface area (Å²) >= 11 is 0. The molecule has 3 aromatic rings. The van der Waals surface area contributed by atoms with Crippen LogP contribution in [0, 0.1) is 13.8 Å². The number of ether oxygens (including phenoxy) is 1. The molecular formula is C25H25NO3. The van der Waals surface area contributed by atoms with Crippen LogP contribution in [0.5, 0.6) is 0 Å². The number of benzene rings is 3. The predicted molar refractivity (Wildman–Crippen MR) is 115 cm³/mol. The second-order valence-corrected chi connectivity index (χ2v) is 7.12. The predicted octanol–water partition coefficient (Wildman–Crippen LogP) is 4.62. The summed E-state index contributed by atoms with van der Waals surface area (Å²) in [6, 6.07) is 23.6. The van der Waals surface area contributed by atoms with Crippen LogP contribution in [-0.4, -0.2) is 18.5 Å². The Morgan fingerprint density at radius 1 is 0.828 bits per heavy atom. The number of esters is 1. The summed E-state index contributed by atoms with van der Waals surface area (Å²) in [4.78, 5) is 24.4. The Morgan fingerprint density at radius 2 is 1.55 bits per heavy atom. The first-order chi connectivity index (χ1) is 14.0. The molecule has 0 aliphatic heterocycles. The molecule has 0 heterocycles. The van der Waals surface area contributed by atoms with Gasteiger partial charge in [-0.15, -0.1) is 0 Å². The molecular weight excluding hydrogens is 362 g/mol. The van der Waals surface area contributed by atoms with Crippen molar-refractivity contribution in [1.82, 2.24) is 0 Å². The molecule has 0 aliphatic carbocycles. The average molecular weight is 387 g/mol. The monoisotopic (exact) mass is 387 g/mol. The molecule has 4 heteroatoms. The highest BCUT2D eigenvalue weighted by molar-refractivity contribution is 5.93. The molecule has 148 valence electrons. The highest BCUT2D eigenvalue weighted by Crippen LogP contribution is 2.19. The van der Waals surface area contributed by atoms with Crippen molar-refractivity contribution in [3.8, 4) is 0 Å². The maximum atomic E-state index is 12.3. The Hall–Kier alpha value is -3.40. The Bertz CT molecular complexity index is 996. The molecule has 4 nitrogen and oxygen atoms in total. The summed E-state index contributed by atoms with van der Waals surface area (Å²) in [5.74, 6) is -0.764. The molecule has 0 aromatic heterocycles. The molecule has 0 unspecified atom stereocenters. The van der Waals surface area contributed by atoms with E-state index in [9.17, 15) is 9.59 Å². The molecule has 29 heavy (non-hydrogen) atoms. The van der Waals surface area contributed by atoms with Gasteiger partial charge in [0.1, 0.15) is 0 Å². The highest BCUT2D eigenvalue weighted by Gasteiger charge is 2.11. The summed E-state index contributed by atoms with van der Waals surface area (Å²) in [5, 5.41) is 2.85. The van der Waals surface area contributed by atoms with Crippen LogP contribution in [0.25, 0.3) is 0 Å². The van der Waals surface area contributed by atoms with Crippen molar-refractivity contribution in [2.24, 2.45) is 0 Å². The number of para-hydroxylation sites is 1. The van der Waals surface area contributed by atoms with E-state index in [-0.39, 0.29) is 18.9 Å². The van der Waals surface area contributed by atoms with Gasteiger partial charge >= 0.3 is 5.97 Å². The van der Waals surface area contributed by atoms with E-state index in [1.54, 1.807) is 0 Å². The van der Waals surface area contributed by atoms with Gasteiger partial charge in [-0.05, 0) is 54.2 Å². The fourth-order valence-corrected chi connectivity index (χ4v) is 3.08. The molecule has 0 radical (unpaired) electrons. The van der Waals surface area contributed by atoms with Gasteiger partial charge in [-0.25, -0.2) is 0 Å². The summed E-state index contributed by atoms with van der Waals surface area (Å²) in [5.41, 5.74) is 6.08. The Labute approximate surface area is 171 Å². The van der Waals surface area contributed by atoms with Crippen molar-refractivity contribution in [3.63, 3.8) is 0 Å². The van der Waals surface area contributed by atoms with E-state index in [4.69, 9.17) is 4.74 Å². The smallest absolute Gasteiger partial charge is 0.310 e. The van der Waals surface area contributed by atoms with Crippen molar-refractivity contribution < 1.29 is 14.3 Å². The minimum Gasteiger partial charge on any atom is -0.455 e. The molecule has 0 fully saturated rings. The van der Waals surface area contributed by atoms with Crippen molar-refractivity contribution in [2.75, 3.05) is 11.9 Å².